The monoisotopic (exact) mass is 307 g/mol. The number of hydrogen-bond donors (Lipinski definition) is 2. The number of aryl methyl sites for hydroxylation is 1. The molecule has 2 N–H and O–H groups in total. The lowest BCUT2D eigenvalue weighted by atomic mass is 9.84. The van der Waals surface area contributed by atoms with Crippen molar-refractivity contribution in [2.45, 2.75) is 51.1 Å². The molecule has 3 rings (SSSR count). The second kappa shape index (κ2) is 6.64. The normalized spacial score (nSPS) is 24.4. The van der Waals surface area contributed by atoms with Crippen LogP contribution in [0.25, 0.3) is 0 Å². The number of amides is 1. The molecule has 1 saturated heterocycles. The third kappa shape index (κ3) is 3.40. The summed E-state index contributed by atoms with van der Waals surface area (Å²) < 4.78 is 1.30. The summed E-state index contributed by atoms with van der Waals surface area (Å²) >= 11 is 0. The quantitative estimate of drug-likeness (QED) is 0.842. The summed E-state index contributed by atoms with van der Waals surface area (Å²) in [4.78, 5) is 28.7. The molecule has 2 heterocycles. The maximum Gasteiger partial charge on any atom is 0.343 e. The summed E-state index contributed by atoms with van der Waals surface area (Å²) in [5.74, 6) is 1.40. The first-order valence-electron chi connectivity index (χ1n) is 8.27. The molecule has 1 aromatic heterocycles. The molecule has 1 aromatic rings. The van der Waals surface area contributed by atoms with E-state index in [-0.39, 0.29) is 17.6 Å². The van der Waals surface area contributed by atoms with Crippen molar-refractivity contribution < 1.29 is 4.79 Å². The lowest BCUT2D eigenvalue weighted by molar-refractivity contribution is -0.130. The highest BCUT2D eigenvalue weighted by molar-refractivity contribution is 5.82. The summed E-state index contributed by atoms with van der Waals surface area (Å²) in [5, 5.41) is 7.16. The van der Waals surface area contributed by atoms with Crippen LogP contribution in [0.1, 0.15) is 44.3 Å². The number of aromatic nitrogens is 3. The van der Waals surface area contributed by atoms with E-state index in [0.29, 0.717) is 24.8 Å². The van der Waals surface area contributed by atoms with E-state index in [1.807, 2.05) is 0 Å². The lowest BCUT2D eigenvalue weighted by Gasteiger charge is -2.37. The Morgan fingerprint density at radius 1 is 1.23 bits per heavy atom. The van der Waals surface area contributed by atoms with Crippen LogP contribution in [0.4, 0.5) is 0 Å². The Labute approximate surface area is 130 Å². The van der Waals surface area contributed by atoms with Crippen molar-refractivity contribution >= 4 is 5.91 Å². The predicted octanol–water partition coefficient (Wildman–Crippen LogP) is 0.379. The Morgan fingerprint density at radius 2 is 2.00 bits per heavy atom. The molecule has 0 spiro atoms. The minimum absolute atomic E-state index is 0.0950. The molecule has 1 unspecified atom stereocenters. The molecule has 2 fully saturated rings. The van der Waals surface area contributed by atoms with Crippen molar-refractivity contribution in [2.75, 3.05) is 13.1 Å². The first kappa shape index (κ1) is 15.3. The minimum atomic E-state index is -0.208. The molecular formula is C15H25N5O2. The average molecular weight is 307 g/mol. The number of rotatable bonds is 4. The number of carbonyl (C=O) groups excluding carboxylic acids is 1. The Bertz CT molecular complexity index is 573. The van der Waals surface area contributed by atoms with E-state index in [9.17, 15) is 9.59 Å². The zero-order chi connectivity index (χ0) is 15.5. The number of piperazine rings is 1. The van der Waals surface area contributed by atoms with Gasteiger partial charge in [-0.05, 0) is 12.3 Å². The van der Waals surface area contributed by atoms with Gasteiger partial charge in [-0.2, -0.15) is 5.10 Å². The largest absolute Gasteiger partial charge is 0.353 e. The highest BCUT2D eigenvalue weighted by atomic mass is 16.2. The van der Waals surface area contributed by atoms with E-state index in [2.05, 4.69) is 20.3 Å². The van der Waals surface area contributed by atoms with Gasteiger partial charge >= 0.3 is 5.69 Å². The first-order valence-corrected chi connectivity index (χ1v) is 8.27. The van der Waals surface area contributed by atoms with Crippen LogP contribution in [-0.4, -0.2) is 44.7 Å². The van der Waals surface area contributed by atoms with Gasteiger partial charge in [-0.25, -0.2) is 9.48 Å². The first-order chi connectivity index (χ1) is 10.6. The van der Waals surface area contributed by atoms with Crippen LogP contribution in [-0.2, 0) is 18.4 Å². The van der Waals surface area contributed by atoms with Gasteiger partial charge in [-0.1, -0.05) is 32.1 Å². The Hall–Kier alpha value is -1.63. The molecule has 7 heteroatoms. The van der Waals surface area contributed by atoms with Crippen LogP contribution in [0.15, 0.2) is 4.79 Å². The maximum atomic E-state index is 12.3. The molecule has 1 aliphatic heterocycles. The van der Waals surface area contributed by atoms with Crippen molar-refractivity contribution in [1.29, 1.82) is 0 Å². The van der Waals surface area contributed by atoms with Crippen LogP contribution in [0.2, 0.25) is 0 Å². The second-order valence-corrected chi connectivity index (χ2v) is 6.52. The van der Waals surface area contributed by atoms with Gasteiger partial charge in [0.05, 0.1) is 12.6 Å². The fourth-order valence-electron chi connectivity index (χ4n) is 3.67. The van der Waals surface area contributed by atoms with Gasteiger partial charge in [0.25, 0.3) is 0 Å². The van der Waals surface area contributed by atoms with Gasteiger partial charge in [0.2, 0.25) is 5.91 Å². The van der Waals surface area contributed by atoms with Crippen molar-refractivity contribution in [3.63, 3.8) is 0 Å². The Kier molecular flexibility index (Phi) is 4.61. The summed E-state index contributed by atoms with van der Waals surface area (Å²) in [6.45, 7) is 2.00. The summed E-state index contributed by atoms with van der Waals surface area (Å²) in [5.41, 5.74) is -0.208. The van der Waals surface area contributed by atoms with Crippen LogP contribution in [0.3, 0.4) is 0 Å². The lowest BCUT2D eigenvalue weighted by Crippen LogP contribution is -2.55. The molecule has 1 amide bonds. The highest BCUT2D eigenvalue weighted by Gasteiger charge is 2.32. The Balaban J connectivity index is 1.68. The molecule has 7 nitrogen and oxygen atoms in total. The van der Waals surface area contributed by atoms with Crippen molar-refractivity contribution in [1.82, 2.24) is 25.0 Å². The number of hydrogen-bond acceptors (Lipinski definition) is 4. The SMILES string of the molecule is Cn1nc(CN2CCNC(=O)C2CC2CCCCC2)[nH]c1=O. The van der Waals surface area contributed by atoms with Crippen molar-refractivity contribution in [2.24, 2.45) is 13.0 Å². The standard InChI is InChI=1S/C15H25N5O2/c1-19-15(22)17-13(18-19)10-20-8-7-16-14(21)12(20)9-11-5-3-2-4-6-11/h11-12H,2-10H2,1H3,(H,16,21)(H,17,18,22). The fourth-order valence-corrected chi connectivity index (χ4v) is 3.67. The van der Waals surface area contributed by atoms with Crippen LogP contribution >= 0.6 is 0 Å². The van der Waals surface area contributed by atoms with Crippen molar-refractivity contribution in [3.8, 4) is 0 Å². The number of nitrogens with zero attached hydrogens (tertiary/aromatic N) is 3. The van der Waals surface area contributed by atoms with Crippen LogP contribution in [0, 0.1) is 5.92 Å². The van der Waals surface area contributed by atoms with Gasteiger partial charge in [-0.3, -0.25) is 14.7 Å². The smallest absolute Gasteiger partial charge is 0.343 e. The third-order valence-corrected chi connectivity index (χ3v) is 4.89. The van der Waals surface area contributed by atoms with Gasteiger partial charge in [0.1, 0.15) is 5.82 Å². The third-order valence-electron chi connectivity index (χ3n) is 4.89. The molecule has 122 valence electrons. The van der Waals surface area contributed by atoms with Gasteiger partial charge in [-0.15, -0.1) is 0 Å². The number of aromatic amines is 1. The summed E-state index contributed by atoms with van der Waals surface area (Å²) in [7, 11) is 1.63. The second-order valence-electron chi connectivity index (χ2n) is 6.52. The molecule has 0 radical (unpaired) electrons. The number of carbonyl (C=O) groups is 1. The fraction of sp³-hybridized carbons (Fsp3) is 0.800. The molecular weight excluding hydrogens is 282 g/mol. The minimum Gasteiger partial charge on any atom is -0.353 e. The zero-order valence-electron chi connectivity index (χ0n) is 13.2. The van der Waals surface area contributed by atoms with E-state index >= 15 is 0 Å². The molecule has 1 atom stereocenters. The Morgan fingerprint density at radius 3 is 2.68 bits per heavy atom. The van der Waals surface area contributed by atoms with E-state index in [1.165, 1.54) is 36.8 Å². The molecule has 0 aromatic carbocycles. The molecule has 2 aliphatic rings. The molecule has 0 bridgehead atoms. The molecule has 1 aliphatic carbocycles. The van der Waals surface area contributed by atoms with Crippen LogP contribution < -0.4 is 11.0 Å². The van der Waals surface area contributed by atoms with Gasteiger partial charge in [0, 0.05) is 20.1 Å². The molecule has 1 saturated carbocycles. The topological polar surface area (TPSA) is 83.0 Å². The van der Waals surface area contributed by atoms with Gasteiger partial charge < -0.3 is 5.32 Å². The van der Waals surface area contributed by atoms with Crippen LogP contribution in [0.5, 0.6) is 0 Å². The average Bonchev–Trinajstić information content (AvgIpc) is 2.82. The zero-order valence-corrected chi connectivity index (χ0v) is 13.2. The van der Waals surface area contributed by atoms with E-state index < -0.39 is 0 Å². The van der Waals surface area contributed by atoms with E-state index in [4.69, 9.17) is 0 Å². The van der Waals surface area contributed by atoms with Crippen molar-refractivity contribution in [3.05, 3.63) is 16.3 Å². The molecule has 22 heavy (non-hydrogen) atoms. The van der Waals surface area contributed by atoms with Gasteiger partial charge in [0.15, 0.2) is 0 Å². The number of H-pyrrole nitrogens is 1. The summed E-state index contributed by atoms with van der Waals surface area (Å²) in [6, 6.07) is -0.0950. The predicted molar refractivity (Wildman–Crippen MR) is 82.2 cm³/mol. The maximum absolute atomic E-state index is 12.3. The summed E-state index contributed by atoms with van der Waals surface area (Å²) in [6.07, 6.45) is 7.28. The van der Waals surface area contributed by atoms with E-state index in [1.54, 1.807) is 7.05 Å². The number of nitrogens with one attached hydrogen (secondary N) is 2. The van der Waals surface area contributed by atoms with E-state index in [0.717, 1.165) is 13.0 Å². The highest BCUT2D eigenvalue weighted by Crippen LogP contribution is 2.29.